The molecule has 0 aliphatic carbocycles. The van der Waals surface area contributed by atoms with Crippen LogP contribution >= 0.6 is 0 Å². The average molecular weight is 265 g/mol. The molecule has 20 heavy (non-hydrogen) atoms. The molecule has 2 N–H and O–H groups in total. The van der Waals surface area contributed by atoms with E-state index in [4.69, 9.17) is 10.5 Å². The standard InChI is InChI=1S/C16H15N3O/c17-10-12-4-1-5-13(19-12)11-20-16-8-2-7-15-14(16)6-3-9-18-15/h1-9H,10-11,17H2. The number of pyridine rings is 2. The van der Waals surface area contributed by atoms with Crippen molar-refractivity contribution < 1.29 is 4.74 Å². The summed E-state index contributed by atoms with van der Waals surface area (Å²) in [5.41, 5.74) is 8.25. The maximum atomic E-state index is 5.86. The Labute approximate surface area is 117 Å². The summed E-state index contributed by atoms with van der Waals surface area (Å²) in [6, 6.07) is 15.5. The van der Waals surface area contributed by atoms with Crippen LogP contribution < -0.4 is 10.5 Å². The van der Waals surface area contributed by atoms with Gasteiger partial charge in [-0.2, -0.15) is 0 Å². The molecule has 0 saturated heterocycles. The van der Waals surface area contributed by atoms with E-state index in [9.17, 15) is 0 Å². The van der Waals surface area contributed by atoms with E-state index < -0.39 is 0 Å². The third-order valence-corrected chi connectivity index (χ3v) is 3.05. The van der Waals surface area contributed by atoms with Crippen LogP contribution in [0.3, 0.4) is 0 Å². The van der Waals surface area contributed by atoms with Crippen molar-refractivity contribution in [2.45, 2.75) is 13.2 Å². The predicted octanol–water partition coefficient (Wildman–Crippen LogP) is 2.67. The number of nitrogens with zero attached hydrogens (tertiary/aromatic N) is 2. The summed E-state index contributed by atoms with van der Waals surface area (Å²) in [7, 11) is 0. The molecular formula is C16H15N3O. The third kappa shape index (κ3) is 2.60. The molecule has 0 amide bonds. The Morgan fingerprint density at radius 1 is 0.950 bits per heavy atom. The van der Waals surface area contributed by atoms with E-state index in [0.29, 0.717) is 13.2 Å². The maximum Gasteiger partial charge on any atom is 0.130 e. The van der Waals surface area contributed by atoms with Crippen molar-refractivity contribution in [1.82, 2.24) is 9.97 Å². The number of rotatable bonds is 4. The first-order valence-corrected chi connectivity index (χ1v) is 6.48. The van der Waals surface area contributed by atoms with Gasteiger partial charge >= 0.3 is 0 Å². The zero-order valence-corrected chi connectivity index (χ0v) is 11.0. The summed E-state index contributed by atoms with van der Waals surface area (Å²) in [6.07, 6.45) is 1.78. The molecule has 0 fully saturated rings. The second-order valence-electron chi connectivity index (χ2n) is 4.44. The minimum absolute atomic E-state index is 0.418. The summed E-state index contributed by atoms with van der Waals surface area (Å²) in [4.78, 5) is 8.73. The molecule has 4 heteroatoms. The SMILES string of the molecule is NCc1cccc(COc2cccc3ncccc23)n1. The predicted molar refractivity (Wildman–Crippen MR) is 78.2 cm³/mol. The van der Waals surface area contributed by atoms with Crippen LogP contribution in [0.1, 0.15) is 11.4 Å². The van der Waals surface area contributed by atoms with E-state index in [0.717, 1.165) is 28.0 Å². The van der Waals surface area contributed by atoms with Gasteiger partial charge in [-0.1, -0.05) is 12.1 Å². The topological polar surface area (TPSA) is 61.0 Å². The molecule has 0 unspecified atom stereocenters. The molecule has 0 saturated carbocycles. The first-order chi connectivity index (χ1) is 9.86. The summed E-state index contributed by atoms with van der Waals surface area (Å²) < 4.78 is 5.86. The molecule has 3 aromatic rings. The van der Waals surface area contributed by atoms with Crippen LogP contribution in [0.4, 0.5) is 0 Å². The number of aromatic nitrogens is 2. The Balaban J connectivity index is 1.83. The van der Waals surface area contributed by atoms with E-state index in [-0.39, 0.29) is 0 Å². The Bertz CT molecular complexity index is 722. The Hall–Kier alpha value is -2.46. The highest BCUT2D eigenvalue weighted by atomic mass is 16.5. The highest BCUT2D eigenvalue weighted by Crippen LogP contribution is 2.24. The molecule has 0 aliphatic rings. The van der Waals surface area contributed by atoms with Crippen molar-refractivity contribution in [2.75, 3.05) is 0 Å². The van der Waals surface area contributed by atoms with E-state index in [1.165, 1.54) is 0 Å². The molecule has 1 aromatic carbocycles. The Morgan fingerprint density at radius 2 is 1.80 bits per heavy atom. The molecule has 100 valence electrons. The van der Waals surface area contributed by atoms with Crippen molar-refractivity contribution in [3.05, 3.63) is 66.1 Å². The monoisotopic (exact) mass is 265 g/mol. The fraction of sp³-hybridized carbons (Fsp3) is 0.125. The van der Waals surface area contributed by atoms with Crippen LogP contribution in [-0.4, -0.2) is 9.97 Å². The van der Waals surface area contributed by atoms with Crippen LogP contribution in [0, 0.1) is 0 Å². The highest BCUT2D eigenvalue weighted by Gasteiger charge is 2.03. The fourth-order valence-electron chi connectivity index (χ4n) is 2.08. The second kappa shape index (κ2) is 5.67. The molecule has 0 radical (unpaired) electrons. The zero-order chi connectivity index (χ0) is 13.8. The number of benzene rings is 1. The number of ether oxygens (including phenoxy) is 1. The number of nitrogens with two attached hydrogens (primary N) is 1. The summed E-state index contributed by atoms with van der Waals surface area (Å²) >= 11 is 0. The average Bonchev–Trinajstić information content (AvgIpc) is 2.53. The molecule has 3 rings (SSSR count). The molecule has 0 atom stereocenters. The van der Waals surface area contributed by atoms with Gasteiger partial charge in [-0.05, 0) is 36.4 Å². The first kappa shape index (κ1) is 12.6. The molecule has 4 nitrogen and oxygen atoms in total. The van der Waals surface area contributed by atoms with Crippen molar-refractivity contribution >= 4 is 10.9 Å². The Kier molecular flexibility index (Phi) is 3.56. The quantitative estimate of drug-likeness (QED) is 0.787. The minimum Gasteiger partial charge on any atom is -0.487 e. The minimum atomic E-state index is 0.418. The van der Waals surface area contributed by atoms with Crippen molar-refractivity contribution in [1.29, 1.82) is 0 Å². The molecule has 0 bridgehead atoms. The van der Waals surface area contributed by atoms with E-state index in [2.05, 4.69) is 9.97 Å². The number of hydrogen-bond acceptors (Lipinski definition) is 4. The lowest BCUT2D eigenvalue weighted by Gasteiger charge is -2.09. The summed E-state index contributed by atoms with van der Waals surface area (Å²) in [5.74, 6) is 0.815. The van der Waals surface area contributed by atoms with Crippen LogP contribution in [0.5, 0.6) is 5.75 Å². The first-order valence-electron chi connectivity index (χ1n) is 6.48. The number of fused-ring (bicyclic) bond motifs is 1. The van der Waals surface area contributed by atoms with Crippen LogP contribution in [0.25, 0.3) is 10.9 Å². The molecule has 0 aliphatic heterocycles. The zero-order valence-electron chi connectivity index (χ0n) is 11.0. The lowest BCUT2D eigenvalue weighted by molar-refractivity contribution is 0.304. The van der Waals surface area contributed by atoms with Crippen molar-refractivity contribution in [2.24, 2.45) is 5.73 Å². The third-order valence-electron chi connectivity index (χ3n) is 3.05. The fourth-order valence-corrected chi connectivity index (χ4v) is 2.08. The molecular weight excluding hydrogens is 250 g/mol. The van der Waals surface area contributed by atoms with Gasteiger partial charge in [0.1, 0.15) is 12.4 Å². The summed E-state index contributed by atoms with van der Waals surface area (Å²) in [6.45, 7) is 0.855. The van der Waals surface area contributed by atoms with Crippen molar-refractivity contribution in [3.63, 3.8) is 0 Å². The van der Waals surface area contributed by atoms with Gasteiger partial charge in [-0.3, -0.25) is 9.97 Å². The number of hydrogen-bond donors (Lipinski definition) is 1. The Morgan fingerprint density at radius 3 is 2.70 bits per heavy atom. The molecule has 0 spiro atoms. The van der Waals surface area contributed by atoms with Crippen LogP contribution in [0.2, 0.25) is 0 Å². The van der Waals surface area contributed by atoms with Crippen LogP contribution in [0.15, 0.2) is 54.7 Å². The van der Waals surface area contributed by atoms with E-state index >= 15 is 0 Å². The van der Waals surface area contributed by atoms with Gasteiger partial charge in [0, 0.05) is 18.1 Å². The second-order valence-corrected chi connectivity index (χ2v) is 4.44. The van der Waals surface area contributed by atoms with Gasteiger partial charge in [0.05, 0.1) is 16.9 Å². The smallest absolute Gasteiger partial charge is 0.130 e. The van der Waals surface area contributed by atoms with Gasteiger partial charge in [0.15, 0.2) is 0 Å². The largest absolute Gasteiger partial charge is 0.487 e. The summed E-state index contributed by atoms with van der Waals surface area (Å²) in [5, 5.41) is 1.00. The van der Waals surface area contributed by atoms with Gasteiger partial charge in [-0.25, -0.2) is 0 Å². The lowest BCUT2D eigenvalue weighted by atomic mass is 10.2. The van der Waals surface area contributed by atoms with Gasteiger partial charge < -0.3 is 10.5 Å². The lowest BCUT2D eigenvalue weighted by Crippen LogP contribution is -2.04. The molecule has 2 aromatic heterocycles. The van der Waals surface area contributed by atoms with Gasteiger partial charge in [-0.15, -0.1) is 0 Å². The normalized spacial score (nSPS) is 10.7. The van der Waals surface area contributed by atoms with Crippen LogP contribution in [-0.2, 0) is 13.2 Å². The van der Waals surface area contributed by atoms with E-state index in [1.807, 2.05) is 48.5 Å². The highest BCUT2D eigenvalue weighted by molar-refractivity contribution is 5.84. The molecule has 2 heterocycles. The van der Waals surface area contributed by atoms with Gasteiger partial charge in [0.2, 0.25) is 0 Å². The van der Waals surface area contributed by atoms with Gasteiger partial charge in [0.25, 0.3) is 0 Å². The van der Waals surface area contributed by atoms with Crippen molar-refractivity contribution in [3.8, 4) is 5.75 Å². The maximum absolute atomic E-state index is 5.86. The van der Waals surface area contributed by atoms with E-state index in [1.54, 1.807) is 6.20 Å².